The molecule has 0 radical (unpaired) electrons. The van der Waals surface area contributed by atoms with Crippen molar-refractivity contribution in [1.82, 2.24) is 4.90 Å². The summed E-state index contributed by atoms with van der Waals surface area (Å²) < 4.78 is 5.04. The summed E-state index contributed by atoms with van der Waals surface area (Å²) in [4.78, 5) is 25.9. The van der Waals surface area contributed by atoms with Crippen molar-refractivity contribution in [2.75, 3.05) is 32.0 Å². The van der Waals surface area contributed by atoms with Crippen molar-refractivity contribution in [3.8, 4) is 0 Å². The summed E-state index contributed by atoms with van der Waals surface area (Å²) >= 11 is 0. The third-order valence-corrected chi connectivity index (χ3v) is 3.78. The number of piperidine rings is 1. The summed E-state index contributed by atoms with van der Waals surface area (Å²) in [7, 11) is 0. The van der Waals surface area contributed by atoms with Crippen LogP contribution in [0.3, 0.4) is 0 Å². The molecule has 0 amide bonds. The van der Waals surface area contributed by atoms with Crippen LogP contribution in [-0.2, 0) is 9.53 Å². The van der Waals surface area contributed by atoms with Gasteiger partial charge in [0, 0.05) is 11.3 Å². The lowest BCUT2D eigenvalue weighted by molar-refractivity contribution is -0.149. The van der Waals surface area contributed by atoms with Crippen LogP contribution in [0.25, 0.3) is 0 Å². The zero-order chi connectivity index (χ0) is 15.2. The number of carbonyl (C=O) groups excluding carboxylic acids is 2. The molecule has 0 atom stereocenters. The molecule has 1 aliphatic rings. The second kappa shape index (κ2) is 7.22. The Morgan fingerprint density at radius 2 is 2.05 bits per heavy atom. The molecule has 0 bridgehead atoms. The predicted molar refractivity (Wildman–Crippen MR) is 81.0 cm³/mol. The van der Waals surface area contributed by atoms with Gasteiger partial charge in [-0.15, -0.1) is 0 Å². The van der Waals surface area contributed by atoms with E-state index < -0.39 is 0 Å². The highest BCUT2D eigenvalue weighted by atomic mass is 16.5. The summed E-state index contributed by atoms with van der Waals surface area (Å²) in [6, 6.07) is 7.04. The fraction of sp³-hybridized carbons (Fsp3) is 0.500. The maximum atomic E-state index is 12.2. The van der Waals surface area contributed by atoms with Gasteiger partial charge in [0.25, 0.3) is 0 Å². The van der Waals surface area contributed by atoms with E-state index in [2.05, 4.69) is 4.90 Å². The van der Waals surface area contributed by atoms with Crippen molar-refractivity contribution >= 4 is 17.4 Å². The number of ketones is 1. The zero-order valence-electron chi connectivity index (χ0n) is 12.4. The van der Waals surface area contributed by atoms with Gasteiger partial charge in [-0.25, -0.2) is 0 Å². The Kier molecular flexibility index (Phi) is 5.33. The molecule has 0 unspecified atom stereocenters. The summed E-state index contributed by atoms with van der Waals surface area (Å²) in [5.74, 6) is -0.0696. The first kappa shape index (κ1) is 15.5. The number of Topliss-reactive ketones (excluding diaryl/α,β-unsaturated/α-hetero) is 1. The molecule has 21 heavy (non-hydrogen) atoms. The van der Waals surface area contributed by atoms with Gasteiger partial charge >= 0.3 is 5.97 Å². The summed E-state index contributed by atoms with van der Waals surface area (Å²) in [5, 5.41) is 0. The third-order valence-electron chi connectivity index (χ3n) is 3.78. The van der Waals surface area contributed by atoms with Crippen LogP contribution in [0, 0.1) is 5.92 Å². The molecule has 1 aromatic rings. The van der Waals surface area contributed by atoms with Crippen molar-refractivity contribution in [2.24, 2.45) is 5.92 Å². The first-order valence-electron chi connectivity index (χ1n) is 7.38. The van der Waals surface area contributed by atoms with E-state index in [1.54, 1.807) is 24.3 Å². The van der Waals surface area contributed by atoms with E-state index in [9.17, 15) is 9.59 Å². The van der Waals surface area contributed by atoms with Crippen molar-refractivity contribution < 1.29 is 14.3 Å². The standard InChI is InChI=1S/C16H22N2O3/c1-2-21-16(20)12-6-8-18(9-7-12)11-15(19)13-4-3-5-14(17)10-13/h3-5,10,12H,2,6-9,11,17H2,1H3. The Labute approximate surface area is 125 Å². The van der Waals surface area contributed by atoms with Crippen molar-refractivity contribution in [2.45, 2.75) is 19.8 Å². The Morgan fingerprint density at radius 3 is 2.67 bits per heavy atom. The number of esters is 1. The van der Waals surface area contributed by atoms with E-state index in [0.717, 1.165) is 25.9 Å². The maximum Gasteiger partial charge on any atom is 0.309 e. The molecular formula is C16H22N2O3. The van der Waals surface area contributed by atoms with Crippen LogP contribution in [-0.4, -0.2) is 42.9 Å². The van der Waals surface area contributed by atoms with Gasteiger partial charge < -0.3 is 10.5 Å². The molecule has 1 fully saturated rings. The van der Waals surface area contributed by atoms with Gasteiger partial charge in [-0.3, -0.25) is 14.5 Å². The number of rotatable bonds is 5. The largest absolute Gasteiger partial charge is 0.466 e. The average molecular weight is 290 g/mol. The number of likely N-dealkylation sites (tertiary alicyclic amines) is 1. The quantitative estimate of drug-likeness (QED) is 0.508. The summed E-state index contributed by atoms with van der Waals surface area (Å²) in [6.45, 7) is 4.11. The summed E-state index contributed by atoms with van der Waals surface area (Å²) in [6.07, 6.45) is 1.51. The lowest BCUT2D eigenvalue weighted by Gasteiger charge is -2.30. The van der Waals surface area contributed by atoms with Crippen LogP contribution in [0.4, 0.5) is 5.69 Å². The molecule has 1 aliphatic heterocycles. The molecule has 0 aliphatic carbocycles. The minimum Gasteiger partial charge on any atom is -0.466 e. The van der Waals surface area contributed by atoms with E-state index in [1.165, 1.54) is 0 Å². The van der Waals surface area contributed by atoms with Crippen LogP contribution in [0.5, 0.6) is 0 Å². The minimum absolute atomic E-state index is 0.0244. The third kappa shape index (κ3) is 4.29. The van der Waals surface area contributed by atoms with E-state index >= 15 is 0 Å². The number of nitrogens with zero attached hydrogens (tertiary/aromatic N) is 1. The Hall–Kier alpha value is -1.88. The van der Waals surface area contributed by atoms with E-state index in [4.69, 9.17) is 10.5 Å². The van der Waals surface area contributed by atoms with E-state index in [0.29, 0.717) is 24.4 Å². The van der Waals surface area contributed by atoms with Crippen molar-refractivity contribution in [3.05, 3.63) is 29.8 Å². The van der Waals surface area contributed by atoms with Gasteiger partial charge in [-0.2, -0.15) is 0 Å². The summed E-state index contributed by atoms with van der Waals surface area (Å²) in [5.41, 5.74) is 6.93. The van der Waals surface area contributed by atoms with Crippen LogP contribution in [0.2, 0.25) is 0 Å². The second-order valence-corrected chi connectivity index (χ2v) is 5.35. The van der Waals surface area contributed by atoms with Crippen LogP contribution in [0.15, 0.2) is 24.3 Å². The first-order chi connectivity index (χ1) is 10.1. The molecule has 1 aromatic carbocycles. The average Bonchev–Trinajstić information content (AvgIpc) is 2.48. The van der Waals surface area contributed by atoms with E-state index in [-0.39, 0.29) is 17.7 Å². The number of nitrogens with two attached hydrogens (primary N) is 1. The molecule has 0 spiro atoms. The van der Waals surface area contributed by atoms with Crippen molar-refractivity contribution in [1.29, 1.82) is 0 Å². The molecule has 114 valence electrons. The molecule has 5 nitrogen and oxygen atoms in total. The van der Waals surface area contributed by atoms with Gasteiger partial charge in [-0.05, 0) is 45.0 Å². The number of carbonyl (C=O) groups is 2. The molecule has 5 heteroatoms. The molecule has 2 rings (SSSR count). The number of hydrogen-bond acceptors (Lipinski definition) is 5. The normalized spacial score (nSPS) is 16.6. The van der Waals surface area contributed by atoms with Gasteiger partial charge in [0.15, 0.2) is 5.78 Å². The van der Waals surface area contributed by atoms with Crippen LogP contribution in [0.1, 0.15) is 30.1 Å². The molecule has 0 aromatic heterocycles. The number of benzene rings is 1. The topological polar surface area (TPSA) is 72.6 Å². The number of ether oxygens (including phenoxy) is 1. The predicted octanol–water partition coefficient (Wildman–Crippen LogP) is 1.73. The highest BCUT2D eigenvalue weighted by Gasteiger charge is 2.26. The van der Waals surface area contributed by atoms with Gasteiger partial charge in [0.1, 0.15) is 0 Å². The van der Waals surface area contributed by atoms with Gasteiger partial charge in [0.2, 0.25) is 0 Å². The molecule has 1 heterocycles. The molecule has 1 saturated heterocycles. The molecule has 2 N–H and O–H groups in total. The lowest BCUT2D eigenvalue weighted by atomic mass is 9.96. The monoisotopic (exact) mass is 290 g/mol. The fourth-order valence-electron chi connectivity index (χ4n) is 2.59. The molecule has 0 saturated carbocycles. The Morgan fingerprint density at radius 1 is 1.33 bits per heavy atom. The smallest absolute Gasteiger partial charge is 0.309 e. The maximum absolute atomic E-state index is 12.2. The highest BCUT2D eigenvalue weighted by Crippen LogP contribution is 2.19. The molecular weight excluding hydrogens is 268 g/mol. The van der Waals surface area contributed by atoms with Crippen molar-refractivity contribution in [3.63, 3.8) is 0 Å². The second-order valence-electron chi connectivity index (χ2n) is 5.35. The minimum atomic E-state index is -0.112. The zero-order valence-corrected chi connectivity index (χ0v) is 12.4. The SMILES string of the molecule is CCOC(=O)C1CCN(CC(=O)c2cccc(N)c2)CC1. The number of hydrogen-bond donors (Lipinski definition) is 1. The van der Waals surface area contributed by atoms with Crippen LogP contribution >= 0.6 is 0 Å². The fourth-order valence-corrected chi connectivity index (χ4v) is 2.59. The van der Waals surface area contributed by atoms with Gasteiger partial charge in [0.05, 0.1) is 19.1 Å². The van der Waals surface area contributed by atoms with E-state index in [1.807, 2.05) is 6.92 Å². The van der Waals surface area contributed by atoms with Crippen LogP contribution < -0.4 is 5.73 Å². The number of nitrogen functional groups attached to an aromatic ring is 1. The first-order valence-corrected chi connectivity index (χ1v) is 7.38. The Balaban J connectivity index is 1.83. The Bertz CT molecular complexity index is 508. The number of anilines is 1. The highest BCUT2D eigenvalue weighted by molar-refractivity contribution is 5.98. The lowest BCUT2D eigenvalue weighted by Crippen LogP contribution is -2.39. The van der Waals surface area contributed by atoms with Gasteiger partial charge in [-0.1, -0.05) is 12.1 Å².